The van der Waals surface area contributed by atoms with Gasteiger partial charge in [0.15, 0.2) is 5.78 Å². The molecule has 3 nitrogen and oxygen atoms in total. The Morgan fingerprint density at radius 2 is 1.81 bits per heavy atom. The molecule has 1 fully saturated rings. The number of hydrogen-bond donors (Lipinski definition) is 2. The van der Waals surface area contributed by atoms with Crippen molar-refractivity contribution >= 4 is 5.78 Å². The predicted molar refractivity (Wildman–Crippen MR) is 105 cm³/mol. The molecule has 8 atom stereocenters. The summed E-state index contributed by atoms with van der Waals surface area (Å²) in [6.07, 6.45) is 15.0. The molecule has 3 heteroatoms. The summed E-state index contributed by atoms with van der Waals surface area (Å²) in [7, 11) is 0. The highest BCUT2D eigenvalue weighted by atomic mass is 16.3. The Balaban J connectivity index is 1.93. The van der Waals surface area contributed by atoms with Gasteiger partial charge in [-0.3, -0.25) is 4.79 Å². The van der Waals surface area contributed by atoms with Gasteiger partial charge in [0.25, 0.3) is 0 Å². The molecule has 0 aliphatic heterocycles. The maximum Gasteiger partial charge on any atom is 0.161 e. The number of hydrogen-bond acceptors (Lipinski definition) is 3. The summed E-state index contributed by atoms with van der Waals surface area (Å²) in [5.74, 6) is 2.67. The van der Waals surface area contributed by atoms with Gasteiger partial charge < -0.3 is 10.2 Å². The van der Waals surface area contributed by atoms with Crippen molar-refractivity contribution in [2.45, 2.75) is 53.2 Å². The van der Waals surface area contributed by atoms with Gasteiger partial charge in [-0.1, -0.05) is 70.4 Å². The van der Waals surface area contributed by atoms with Crippen LogP contribution in [0.1, 0.15) is 41.0 Å². The smallest absolute Gasteiger partial charge is 0.161 e. The Morgan fingerprint density at radius 1 is 1.15 bits per heavy atom. The van der Waals surface area contributed by atoms with E-state index in [1.54, 1.807) is 6.08 Å². The predicted octanol–water partition coefficient (Wildman–Crippen LogP) is 3.29. The topological polar surface area (TPSA) is 57.5 Å². The second-order valence-electron chi connectivity index (χ2n) is 10.2. The van der Waals surface area contributed by atoms with Crippen LogP contribution in [0.3, 0.4) is 0 Å². The fraction of sp³-hybridized carbons (Fsp3) is 0.625. The van der Waals surface area contributed by atoms with Crippen molar-refractivity contribution < 1.29 is 15.0 Å². The molecular weight excluding hydrogens is 336 g/mol. The first kappa shape index (κ1) is 18.7. The van der Waals surface area contributed by atoms with E-state index in [-0.39, 0.29) is 29.0 Å². The van der Waals surface area contributed by atoms with Crippen LogP contribution in [0, 0.1) is 51.8 Å². The lowest BCUT2D eigenvalue weighted by molar-refractivity contribution is -0.148. The van der Waals surface area contributed by atoms with Crippen LogP contribution in [0.25, 0.3) is 0 Å². The maximum absolute atomic E-state index is 12.6. The lowest BCUT2D eigenvalue weighted by Crippen LogP contribution is -2.62. The standard InChI is InChI=1S/C24H30O3/c1-7-14-15(25)12-18-22(14,4)10-8-16-23(5)11-9-19(26)21(2,3)17(23)13-20(27)24(16,18)6/h1,8-12,14-17,20,25,27H,13H2,2-6H3/t14-,15?,16-,17+,20-,22+,23-,24-/m1/s1. The largest absolute Gasteiger partial charge is 0.392 e. The van der Waals surface area contributed by atoms with Crippen molar-refractivity contribution in [3.05, 3.63) is 36.0 Å². The SMILES string of the molecule is C#C[C@@H]1C(O)C=C2[C@]3(C)[C@H](O)C[C@H]4C(C)(C)C(=O)C=C[C@]4(C)[C@H]3C=C[C@]21C. The average molecular weight is 367 g/mol. The monoisotopic (exact) mass is 366 g/mol. The highest BCUT2D eigenvalue weighted by molar-refractivity contribution is 5.95. The first-order valence-corrected chi connectivity index (χ1v) is 9.92. The fourth-order valence-electron chi connectivity index (χ4n) is 6.97. The molecule has 4 aliphatic rings. The third kappa shape index (κ3) is 1.99. The molecule has 144 valence electrons. The molecule has 0 aromatic carbocycles. The Labute approximate surface area is 162 Å². The van der Waals surface area contributed by atoms with Gasteiger partial charge in [-0.25, -0.2) is 0 Å². The molecule has 0 aromatic heterocycles. The molecule has 1 unspecified atom stereocenters. The van der Waals surface area contributed by atoms with Crippen molar-refractivity contribution in [2.75, 3.05) is 0 Å². The van der Waals surface area contributed by atoms with Crippen LogP contribution in [-0.4, -0.2) is 28.2 Å². The van der Waals surface area contributed by atoms with Gasteiger partial charge in [0, 0.05) is 16.2 Å². The Morgan fingerprint density at radius 3 is 2.44 bits per heavy atom. The lowest BCUT2D eigenvalue weighted by Gasteiger charge is -2.64. The van der Waals surface area contributed by atoms with Gasteiger partial charge >= 0.3 is 0 Å². The molecule has 0 heterocycles. The third-order valence-corrected chi connectivity index (χ3v) is 8.62. The highest BCUT2D eigenvalue weighted by Gasteiger charge is 2.66. The normalized spacial score (nSPS) is 52.4. The van der Waals surface area contributed by atoms with Gasteiger partial charge in [0.2, 0.25) is 0 Å². The van der Waals surface area contributed by atoms with Crippen molar-refractivity contribution in [3.63, 3.8) is 0 Å². The summed E-state index contributed by atoms with van der Waals surface area (Å²) < 4.78 is 0. The number of carbonyl (C=O) groups excluding carboxylic acids is 1. The van der Waals surface area contributed by atoms with Crippen molar-refractivity contribution in [1.82, 2.24) is 0 Å². The Kier molecular flexibility index (Phi) is 3.64. The molecule has 4 rings (SSSR count). The Hall–Kier alpha value is -1.63. The molecule has 4 aliphatic carbocycles. The van der Waals surface area contributed by atoms with E-state index in [2.05, 4.69) is 44.9 Å². The second-order valence-corrected chi connectivity index (χ2v) is 10.2. The van der Waals surface area contributed by atoms with Gasteiger partial charge in [-0.05, 0) is 29.7 Å². The molecule has 0 amide bonds. The van der Waals surface area contributed by atoms with Gasteiger partial charge in [0.1, 0.15) is 0 Å². The van der Waals surface area contributed by atoms with E-state index in [0.717, 1.165) is 5.57 Å². The van der Waals surface area contributed by atoms with E-state index in [1.165, 1.54) is 0 Å². The minimum absolute atomic E-state index is 0.0328. The van der Waals surface area contributed by atoms with E-state index in [1.807, 2.05) is 19.9 Å². The molecule has 0 bridgehead atoms. The number of allylic oxidation sites excluding steroid dienone is 4. The summed E-state index contributed by atoms with van der Waals surface area (Å²) in [5, 5.41) is 22.0. The number of aliphatic hydroxyl groups is 2. The number of carbonyl (C=O) groups is 1. The zero-order valence-electron chi connectivity index (χ0n) is 16.9. The van der Waals surface area contributed by atoms with Crippen molar-refractivity contribution in [1.29, 1.82) is 0 Å². The van der Waals surface area contributed by atoms with E-state index in [4.69, 9.17) is 6.42 Å². The molecular formula is C24H30O3. The van der Waals surface area contributed by atoms with Crippen LogP contribution in [0.4, 0.5) is 0 Å². The molecule has 0 spiro atoms. The number of rotatable bonds is 0. The number of terminal acetylenes is 1. The molecule has 0 radical (unpaired) electrons. The lowest BCUT2D eigenvalue weighted by atomic mass is 9.40. The minimum atomic E-state index is -0.701. The molecule has 2 N–H and O–H groups in total. The van der Waals surface area contributed by atoms with Crippen molar-refractivity contribution in [2.24, 2.45) is 39.4 Å². The van der Waals surface area contributed by atoms with E-state index in [9.17, 15) is 15.0 Å². The summed E-state index contributed by atoms with van der Waals surface area (Å²) in [4.78, 5) is 12.6. The minimum Gasteiger partial charge on any atom is -0.392 e. The van der Waals surface area contributed by atoms with E-state index < -0.39 is 28.5 Å². The van der Waals surface area contributed by atoms with Crippen LogP contribution in [-0.2, 0) is 4.79 Å². The zero-order chi connectivity index (χ0) is 20.0. The Bertz CT molecular complexity index is 840. The number of aliphatic hydroxyl groups excluding tert-OH is 2. The molecule has 1 saturated carbocycles. The number of fused-ring (bicyclic) bond motifs is 5. The summed E-state index contributed by atoms with van der Waals surface area (Å²) in [6, 6.07) is 0. The van der Waals surface area contributed by atoms with Crippen LogP contribution in [0.2, 0.25) is 0 Å². The second kappa shape index (κ2) is 5.25. The molecule has 0 saturated heterocycles. The van der Waals surface area contributed by atoms with E-state index >= 15 is 0 Å². The highest BCUT2D eigenvalue weighted by Crippen LogP contribution is 2.69. The van der Waals surface area contributed by atoms with E-state index in [0.29, 0.717) is 6.42 Å². The first-order valence-electron chi connectivity index (χ1n) is 9.92. The fourth-order valence-corrected chi connectivity index (χ4v) is 6.97. The number of ketones is 1. The van der Waals surface area contributed by atoms with Crippen LogP contribution < -0.4 is 0 Å². The maximum atomic E-state index is 12.6. The van der Waals surface area contributed by atoms with Gasteiger partial charge in [0.05, 0.1) is 18.1 Å². The first-order chi connectivity index (χ1) is 12.4. The zero-order valence-corrected chi connectivity index (χ0v) is 16.9. The average Bonchev–Trinajstić information content (AvgIpc) is 2.85. The van der Waals surface area contributed by atoms with Crippen LogP contribution in [0.15, 0.2) is 36.0 Å². The van der Waals surface area contributed by atoms with Gasteiger partial charge in [-0.15, -0.1) is 6.42 Å². The molecule has 0 aromatic rings. The van der Waals surface area contributed by atoms with Gasteiger partial charge in [-0.2, -0.15) is 0 Å². The quantitative estimate of drug-likeness (QED) is 0.511. The molecule has 27 heavy (non-hydrogen) atoms. The summed E-state index contributed by atoms with van der Waals surface area (Å²) >= 11 is 0. The van der Waals surface area contributed by atoms with Crippen LogP contribution in [0.5, 0.6) is 0 Å². The summed E-state index contributed by atoms with van der Waals surface area (Å²) in [5.41, 5.74) is -0.683. The summed E-state index contributed by atoms with van der Waals surface area (Å²) in [6.45, 7) is 10.4. The van der Waals surface area contributed by atoms with Crippen molar-refractivity contribution in [3.8, 4) is 12.3 Å². The third-order valence-electron chi connectivity index (χ3n) is 8.62. The van der Waals surface area contributed by atoms with Crippen LogP contribution >= 0.6 is 0 Å².